The summed E-state index contributed by atoms with van der Waals surface area (Å²) in [6.45, 7) is 11.6. The van der Waals surface area contributed by atoms with E-state index in [1.807, 2.05) is 44.2 Å². The van der Waals surface area contributed by atoms with Crippen LogP contribution in [-0.2, 0) is 26.7 Å². The lowest BCUT2D eigenvalue weighted by molar-refractivity contribution is -0.136. The van der Waals surface area contributed by atoms with Crippen LogP contribution >= 0.6 is 0 Å². The number of fused-ring (bicyclic) bond motifs is 6. The van der Waals surface area contributed by atoms with E-state index in [1.54, 1.807) is 29.3 Å². The molecule has 15 heteroatoms. The Morgan fingerprint density at radius 2 is 1.57 bits per heavy atom. The zero-order chi connectivity index (χ0) is 45.9. The average molecular weight is 891 g/mol. The third kappa shape index (κ3) is 8.47. The van der Waals surface area contributed by atoms with Gasteiger partial charge < -0.3 is 35.0 Å². The summed E-state index contributed by atoms with van der Waals surface area (Å²) < 4.78 is 43.1. The van der Waals surface area contributed by atoms with Crippen LogP contribution in [0, 0.1) is 23.2 Å². The molecule has 4 aliphatic rings. The maximum atomic E-state index is 16.6. The van der Waals surface area contributed by atoms with Crippen LogP contribution in [0.2, 0.25) is 0 Å². The number of alkyl halides is 2. The van der Waals surface area contributed by atoms with Crippen molar-refractivity contribution in [2.45, 2.75) is 110 Å². The van der Waals surface area contributed by atoms with Crippen molar-refractivity contribution < 1.29 is 32.6 Å². The number of piperidine rings is 1. The molecular weight excluding hydrogens is 831 g/mol. The number of ether oxygens (including phenoxy) is 2. The Morgan fingerprint density at radius 3 is 2.25 bits per heavy atom. The predicted octanol–water partition coefficient (Wildman–Crippen LogP) is 9.55. The molecule has 3 heterocycles. The number of nitrogens with zero attached hydrogens (tertiary/aromatic N) is 4. The first-order valence-corrected chi connectivity index (χ1v) is 23.0. The van der Waals surface area contributed by atoms with Crippen LogP contribution in [0.15, 0.2) is 60.8 Å². The highest BCUT2D eigenvalue weighted by Crippen LogP contribution is 2.53. The van der Waals surface area contributed by atoms with Crippen LogP contribution in [0.5, 0.6) is 0 Å². The smallest absolute Gasteiger partial charge is 0.407 e. The van der Waals surface area contributed by atoms with E-state index in [0.29, 0.717) is 65.2 Å². The van der Waals surface area contributed by atoms with E-state index in [1.165, 1.54) is 20.3 Å². The normalized spacial score (nSPS) is 21.4. The molecule has 3 aromatic carbocycles. The number of rotatable bonds is 15. The highest BCUT2D eigenvalue weighted by atomic mass is 19.3. The molecule has 344 valence electrons. The molecule has 3 fully saturated rings. The Balaban J connectivity index is 0.938. The van der Waals surface area contributed by atoms with E-state index in [4.69, 9.17) is 14.5 Å². The second kappa shape index (κ2) is 17.2. The van der Waals surface area contributed by atoms with Gasteiger partial charge in [-0.1, -0.05) is 71.4 Å². The van der Waals surface area contributed by atoms with Crippen molar-refractivity contribution in [3.05, 3.63) is 83.6 Å². The minimum atomic E-state index is -3.26. The summed E-state index contributed by atoms with van der Waals surface area (Å²) in [5.41, 5.74) is 5.09. The van der Waals surface area contributed by atoms with Gasteiger partial charge in [-0.05, 0) is 102 Å². The molecule has 1 aliphatic heterocycles. The number of aromatic amines is 2. The van der Waals surface area contributed by atoms with E-state index < -0.39 is 24.2 Å². The Morgan fingerprint density at radius 1 is 0.908 bits per heavy atom. The number of H-pyrrole nitrogens is 2. The molecule has 65 heavy (non-hydrogen) atoms. The molecule has 3 aliphatic carbocycles. The van der Waals surface area contributed by atoms with Gasteiger partial charge in [0.05, 0.1) is 49.7 Å². The van der Waals surface area contributed by atoms with Gasteiger partial charge >= 0.3 is 12.2 Å². The van der Waals surface area contributed by atoms with Crippen molar-refractivity contribution in [2.24, 2.45) is 23.2 Å². The largest absolute Gasteiger partial charge is 0.453 e. The lowest BCUT2D eigenvalue weighted by Crippen LogP contribution is -2.52. The quantitative estimate of drug-likeness (QED) is 0.0810. The van der Waals surface area contributed by atoms with Gasteiger partial charge in [0.2, 0.25) is 5.91 Å². The number of benzene rings is 3. The third-order valence-electron chi connectivity index (χ3n) is 14.7. The highest BCUT2D eigenvalue weighted by Gasteiger charge is 2.49. The third-order valence-corrected chi connectivity index (χ3v) is 14.7. The van der Waals surface area contributed by atoms with E-state index in [2.05, 4.69) is 51.3 Å². The van der Waals surface area contributed by atoms with Crippen LogP contribution < -0.4 is 10.6 Å². The summed E-state index contributed by atoms with van der Waals surface area (Å²) in [7, 11) is 2.66. The first-order chi connectivity index (χ1) is 31.1. The Labute approximate surface area is 378 Å². The van der Waals surface area contributed by atoms with Crippen molar-refractivity contribution >= 4 is 29.1 Å². The maximum absolute atomic E-state index is 16.6. The summed E-state index contributed by atoms with van der Waals surface area (Å²) in [5.74, 6) is -1.54. The number of nitrogens with one attached hydrogen (secondary N) is 4. The molecule has 6 unspecified atom stereocenters. The first kappa shape index (κ1) is 44.4. The maximum Gasteiger partial charge on any atom is 0.407 e. The molecule has 1 saturated heterocycles. The second-order valence-corrected chi connectivity index (χ2v) is 19.6. The van der Waals surface area contributed by atoms with Crippen molar-refractivity contribution in [1.82, 2.24) is 40.4 Å². The minimum absolute atomic E-state index is 0.0192. The number of amides is 3. The molecule has 6 atom stereocenters. The van der Waals surface area contributed by atoms with Crippen LogP contribution in [0.4, 0.5) is 18.4 Å². The molecule has 9 rings (SSSR count). The summed E-state index contributed by atoms with van der Waals surface area (Å²) in [6.07, 6.45) is 6.51. The van der Waals surface area contributed by atoms with E-state index >= 15 is 8.78 Å². The predicted molar refractivity (Wildman–Crippen MR) is 244 cm³/mol. The van der Waals surface area contributed by atoms with Gasteiger partial charge in [0, 0.05) is 41.9 Å². The summed E-state index contributed by atoms with van der Waals surface area (Å²) in [6, 6.07) is 15.9. The monoisotopic (exact) mass is 890 g/mol. The molecule has 3 amide bonds. The lowest BCUT2D eigenvalue weighted by Gasteiger charge is -2.37. The molecular formula is C50H60F2N8O5. The molecule has 2 bridgehead atoms. The van der Waals surface area contributed by atoms with Gasteiger partial charge in [-0.25, -0.2) is 19.6 Å². The molecule has 5 aromatic rings. The number of halogens is 2. The van der Waals surface area contributed by atoms with Crippen molar-refractivity contribution in [2.75, 3.05) is 27.3 Å². The molecule has 13 nitrogen and oxygen atoms in total. The number of alkyl carbamates (subject to hydrolysis) is 2. The second-order valence-electron chi connectivity index (χ2n) is 19.6. The lowest BCUT2D eigenvalue weighted by atomic mass is 9.96. The SMILES string of the molecule is CCC(C)C(NC(=O)OC)C(=O)N(Cc1ncc(-c2ccc3c(c2)C(F)(F)c2cc(-c4ccc5nc(C6C7CCC(C7)N6CC(NC(=O)OC)C(C)C)[nH]c5c4)ccc2-3)[nH]1)CC1(C)CC1. The number of likely N-dealkylation sites (tertiary alicyclic amines) is 1. The van der Waals surface area contributed by atoms with Crippen LogP contribution in [0.25, 0.3) is 44.5 Å². The highest BCUT2D eigenvalue weighted by molar-refractivity contribution is 5.88. The minimum Gasteiger partial charge on any atom is -0.453 e. The molecule has 0 radical (unpaired) electrons. The van der Waals surface area contributed by atoms with E-state index in [0.717, 1.165) is 54.5 Å². The molecule has 2 saturated carbocycles. The zero-order valence-electron chi connectivity index (χ0n) is 38.3. The number of imidazole rings is 2. The van der Waals surface area contributed by atoms with Crippen molar-refractivity contribution in [1.29, 1.82) is 0 Å². The molecule has 4 N–H and O–H groups in total. The Bertz CT molecular complexity index is 2620. The fourth-order valence-electron chi connectivity index (χ4n) is 10.4. The van der Waals surface area contributed by atoms with Crippen molar-refractivity contribution in [3.8, 4) is 33.5 Å². The number of carbonyl (C=O) groups excluding carboxylic acids is 3. The van der Waals surface area contributed by atoms with Crippen LogP contribution in [0.1, 0.15) is 102 Å². The topological polar surface area (TPSA) is 158 Å². The first-order valence-electron chi connectivity index (χ1n) is 23.0. The fraction of sp³-hybridized carbons (Fsp3) is 0.500. The van der Waals surface area contributed by atoms with E-state index in [-0.39, 0.29) is 52.9 Å². The van der Waals surface area contributed by atoms with E-state index in [9.17, 15) is 14.4 Å². The van der Waals surface area contributed by atoms with Crippen molar-refractivity contribution in [3.63, 3.8) is 0 Å². The Kier molecular flexibility index (Phi) is 11.7. The standard InChI is InChI=1S/C50H60F2N8O5/c1-8-28(4)43(58-48(63)65-7)46(61)59(26-49(5)17-18-49)25-42-53-23-40(54-42)31-11-15-35-34-14-10-29(20-36(34)50(51,52)37(35)21-31)30-12-16-38-39(22-30)56-45(55-38)44-32-9-13-33(19-32)60(44)24-41(27(2)3)57-47(62)64-6/h10-12,14-16,20-23,27-28,32-33,41,43-44H,8-9,13,17-19,24-26H2,1-7H3,(H,53,54)(H,55,56)(H,57,62)(H,58,63). The number of methoxy groups -OCH3 is 2. The van der Waals surface area contributed by atoms with Gasteiger partial charge in [0.1, 0.15) is 17.7 Å². The van der Waals surface area contributed by atoms with Gasteiger partial charge in [-0.2, -0.15) is 8.78 Å². The Hall–Kier alpha value is -5.83. The summed E-state index contributed by atoms with van der Waals surface area (Å²) in [5, 5.41) is 5.77. The van der Waals surface area contributed by atoms with Crippen LogP contribution in [0.3, 0.4) is 0 Å². The summed E-state index contributed by atoms with van der Waals surface area (Å²) >= 11 is 0. The molecule has 2 aromatic heterocycles. The van der Waals surface area contributed by atoms with Gasteiger partial charge in [-0.3, -0.25) is 9.69 Å². The summed E-state index contributed by atoms with van der Waals surface area (Å²) in [4.78, 5) is 59.3. The van der Waals surface area contributed by atoms with Gasteiger partial charge in [0.15, 0.2) is 0 Å². The number of hydrogen-bond acceptors (Lipinski definition) is 8. The molecule has 0 spiro atoms. The zero-order valence-corrected chi connectivity index (χ0v) is 38.3. The fourth-order valence-corrected chi connectivity index (χ4v) is 10.4. The van der Waals surface area contributed by atoms with Gasteiger partial charge in [0.25, 0.3) is 5.92 Å². The van der Waals surface area contributed by atoms with Crippen LogP contribution in [-0.4, -0.2) is 93.3 Å². The number of carbonyl (C=O) groups is 3. The number of hydrogen-bond donors (Lipinski definition) is 4. The average Bonchev–Trinajstić information content (AvgIpc) is 3.86. The van der Waals surface area contributed by atoms with Gasteiger partial charge in [-0.15, -0.1) is 0 Å². The number of aromatic nitrogens is 4.